The maximum atomic E-state index is 13.4. The molecule has 2 aliphatic carbocycles. The number of methoxy groups -OCH3 is 1. The lowest BCUT2D eigenvalue weighted by molar-refractivity contribution is -0.0230. The van der Waals surface area contributed by atoms with Crippen LogP contribution in [0.25, 0.3) is 0 Å². The van der Waals surface area contributed by atoms with E-state index in [-0.39, 0.29) is 17.4 Å². The van der Waals surface area contributed by atoms with Gasteiger partial charge in [-0.1, -0.05) is 43.7 Å². The van der Waals surface area contributed by atoms with E-state index in [9.17, 15) is 13.2 Å². The summed E-state index contributed by atoms with van der Waals surface area (Å²) in [6.07, 6.45) is 8.79. The molecule has 2 aliphatic heterocycles. The topological polar surface area (TPSA) is 84.9 Å². The smallest absolute Gasteiger partial charge is 0.264 e. The molecule has 2 bridgehead atoms. The first-order valence-electron chi connectivity index (χ1n) is 15.6. The van der Waals surface area contributed by atoms with Crippen LogP contribution in [0, 0.1) is 23.7 Å². The van der Waals surface area contributed by atoms with Crippen LogP contribution in [0.1, 0.15) is 67.9 Å². The van der Waals surface area contributed by atoms with Gasteiger partial charge < -0.3 is 14.4 Å². The summed E-state index contributed by atoms with van der Waals surface area (Å²) >= 11 is 6.42. The minimum absolute atomic E-state index is 0.0477. The average Bonchev–Trinajstić information content (AvgIpc) is 3.12. The molecule has 6 rings (SSSR count). The van der Waals surface area contributed by atoms with Gasteiger partial charge in [-0.15, -0.1) is 0 Å². The number of carbonyl (C=O) groups excluding carboxylic acids is 1. The summed E-state index contributed by atoms with van der Waals surface area (Å²) in [6, 6.07) is 11.5. The Balaban J connectivity index is 1.45. The number of hydrogen-bond donors (Lipinski definition) is 1. The molecule has 232 valence electrons. The normalized spacial score (nSPS) is 34.5. The van der Waals surface area contributed by atoms with Gasteiger partial charge in [0.05, 0.1) is 23.6 Å². The summed E-state index contributed by atoms with van der Waals surface area (Å²) in [5.74, 6) is 1.17. The predicted octanol–water partition coefficient (Wildman–Crippen LogP) is 6.14. The zero-order chi connectivity index (χ0) is 30.5. The van der Waals surface area contributed by atoms with E-state index >= 15 is 0 Å². The van der Waals surface area contributed by atoms with Gasteiger partial charge in [0.2, 0.25) is 10.0 Å². The van der Waals surface area contributed by atoms with Crippen LogP contribution >= 0.6 is 11.6 Å². The number of amides is 1. The van der Waals surface area contributed by atoms with E-state index in [1.807, 2.05) is 25.1 Å². The molecule has 0 unspecified atom stereocenters. The van der Waals surface area contributed by atoms with Gasteiger partial charge >= 0.3 is 0 Å². The molecule has 1 amide bonds. The van der Waals surface area contributed by atoms with Crippen LogP contribution < -0.4 is 14.4 Å². The zero-order valence-corrected chi connectivity index (χ0v) is 27.1. The van der Waals surface area contributed by atoms with Gasteiger partial charge in [0, 0.05) is 36.2 Å². The van der Waals surface area contributed by atoms with Crippen molar-refractivity contribution in [3.63, 3.8) is 0 Å². The number of hydrogen-bond acceptors (Lipinski definition) is 6. The highest BCUT2D eigenvalue weighted by Gasteiger charge is 2.46. The number of anilines is 1. The van der Waals surface area contributed by atoms with Crippen molar-refractivity contribution in [2.45, 2.75) is 69.6 Å². The van der Waals surface area contributed by atoms with Gasteiger partial charge in [0.15, 0.2) is 0 Å². The number of rotatable bonds is 1. The molecule has 2 heterocycles. The SMILES string of the molecule is CO[C@H]1/C=C/C[C@H](C)[C@@H](C)S(=O)(=O)NC(=O)c2ccc3c(c2)N(C[C@H]2[C@H]1C[C@H]2C)C[C@@]1(CCCc2cc(Cl)ccc21)CO3. The van der Waals surface area contributed by atoms with Gasteiger partial charge in [-0.05, 0) is 104 Å². The molecular weight excluding hydrogens is 584 g/mol. The molecule has 43 heavy (non-hydrogen) atoms. The molecule has 1 spiro atoms. The molecule has 7 nitrogen and oxygen atoms in total. The minimum atomic E-state index is -3.89. The second-order valence-corrected chi connectivity index (χ2v) is 15.8. The molecular formula is C34H43ClN2O5S. The molecule has 0 radical (unpaired) electrons. The Morgan fingerprint density at radius 1 is 1.09 bits per heavy atom. The van der Waals surface area contributed by atoms with E-state index in [4.69, 9.17) is 21.1 Å². The summed E-state index contributed by atoms with van der Waals surface area (Å²) in [6.45, 7) is 7.93. The number of aryl methyl sites for hydroxylation is 1. The van der Waals surface area contributed by atoms with E-state index in [1.54, 1.807) is 20.1 Å². The second-order valence-electron chi connectivity index (χ2n) is 13.4. The molecule has 1 saturated carbocycles. The third kappa shape index (κ3) is 5.71. The van der Waals surface area contributed by atoms with Crippen LogP contribution in [0.3, 0.4) is 0 Å². The number of allylic oxidation sites excluding steroid dienone is 1. The second kappa shape index (κ2) is 11.8. The number of carbonyl (C=O) groups is 1. The Labute approximate surface area is 261 Å². The highest BCUT2D eigenvalue weighted by atomic mass is 35.5. The molecule has 2 aromatic rings. The molecule has 0 aromatic heterocycles. The monoisotopic (exact) mass is 626 g/mol. The Hall–Kier alpha value is -2.55. The molecule has 9 heteroatoms. The maximum Gasteiger partial charge on any atom is 0.264 e. The summed E-state index contributed by atoms with van der Waals surface area (Å²) in [5.41, 5.74) is 3.46. The van der Waals surface area contributed by atoms with Crippen molar-refractivity contribution in [2.75, 3.05) is 31.7 Å². The van der Waals surface area contributed by atoms with Crippen LogP contribution in [-0.4, -0.2) is 52.5 Å². The predicted molar refractivity (Wildman–Crippen MR) is 171 cm³/mol. The fourth-order valence-corrected chi connectivity index (χ4v) is 9.29. The molecule has 7 atom stereocenters. The maximum absolute atomic E-state index is 13.4. The van der Waals surface area contributed by atoms with Crippen LogP contribution in [0.2, 0.25) is 5.02 Å². The van der Waals surface area contributed by atoms with Gasteiger partial charge in [0.25, 0.3) is 5.91 Å². The van der Waals surface area contributed by atoms with Gasteiger partial charge in [-0.2, -0.15) is 0 Å². The first kappa shape index (κ1) is 30.5. The van der Waals surface area contributed by atoms with E-state index in [1.165, 1.54) is 11.1 Å². The van der Waals surface area contributed by atoms with Crippen LogP contribution in [0.4, 0.5) is 5.69 Å². The lowest BCUT2D eigenvalue weighted by atomic mass is 9.62. The number of nitrogens with zero attached hydrogens (tertiary/aromatic N) is 1. The van der Waals surface area contributed by atoms with Crippen molar-refractivity contribution < 1.29 is 22.7 Å². The van der Waals surface area contributed by atoms with Crippen molar-refractivity contribution in [2.24, 2.45) is 23.7 Å². The number of fused-ring (bicyclic) bond motifs is 4. The fraction of sp³-hybridized carbons (Fsp3) is 0.559. The van der Waals surface area contributed by atoms with Crippen molar-refractivity contribution >= 4 is 33.2 Å². The van der Waals surface area contributed by atoms with Gasteiger partial charge in [-0.3, -0.25) is 4.79 Å². The summed E-state index contributed by atoms with van der Waals surface area (Å²) in [5, 5.41) is 0.00428. The highest BCUT2D eigenvalue weighted by molar-refractivity contribution is 7.90. The fourth-order valence-electron chi connectivity index (χ4n) is 7.81. The first-order valence-corrected chi connectivity index (χ1v) is 17.5. The van der Waals surface area contributed by atoms with Crippen molar-refractivity contribution in [3.05, 3.63) is 70.3 Å². The Kier molecular flexibility index (Phi) is 8.33. The number of halogens is 1. The first-order chi connectivity index (χ1) is 20.5. The van der Waals surface area contributed by atoms with Gasteiger partial charge in [-0.25, -0.2) is 13.1 Å². The Bertz CT molecular complexity index is 1530. The average molecular weight is 627 g/mol. The molecule has 1 N–H and O–H groups in total. The number of benzene rings is 2. The van der Waals surface area contributed by atoms with Crippen LogP contribution in [0.5, 0.6) is 5.75 Å². The Morgan fingerprint density at radius 2 is 1.91 bits per heavy atom. The zero-order valence-electron chi connectivity index (χ0n) is 25.5. The third-order valence-electron chi connectivity index (χ3n) is 10.7. The van der Waals surface area contributed by atoms with E-state index < -0.39 is 21.2 Å². The highest BCUT2D eigenvalue weighted by Crippen LogP contribution is 2.48. The molecule has 4 aliphatic rings. The van der Waals surface area contributed by atoms with Crippen LogP contribution in [0.15, 0.2) is 48.6 Å². The quantitative estimate of drug-likeness (QED) is 0.383. The lowest BCUT2D eigenvalue weighted by Gasteiger charge is -2.49. The van der Waals surface area contributed by atoms with E-state index in [0.29, 0.717) is 42.1 Å². The summed E-state index contributed by atoms with van der Waals surface area (Å²) in [7, 11) is -2.13. The number of nitrogens with one attached hydrogen (secondary N) is 1. The molecule has 0 saturated heterocycles. The summed E-state index contributed by atoms with van der Waals surface area (Å²) < 4.78 is 41.4. The van der Waals surface area contributed by atoms with Crippen LogP contribution in [-0.2, 0) is 26.6 Å². The summed E-state index contributed by atoms with van der Waals surface area (Å²) in [4.78, 5) is 15.8. The van der Waals surface area contributed by atoms with Crippen molar-refractivity contribution in [1.82, 2.24) is 4.72 Å². The van der Waals surface area contributed by atoms with Crippen molar-refractivity contribution in [3.8, 4) is 5.75 Å². The lowest BCUT2D eigenvalue weighted by Crippen LogP contribution is -2.52. The third-order valence-corrected chi connectivity index (χ3v) is 12.9. The minimum Gasteiger partial charge on any atom is -0.490 e. The molecule has 2 aromatic carbocycles. The van der Waals surface area contributed by atoms with Gasteiger partial charge in [0.1, 0.15) is 5.75 Å². The number of sulfonamides is 1. The van der Waals surface area contributed by atoms with E-state index in [0.717, 1.165) is 49.5 Å². The number of ether oxygens (including phenoxy) is 2. The van der Waals surface area contributed by atoms with Crippen molar-refractivity contribution in [1.29, 1.82) is 0 Å². The largest absolute Gasteiger partial charge is 0.490 e. The van der Waals surface area contributed by atoms with E-state index in [2.05, 4.69) is 40.8 Å². The Morgan fingerprint density at radius 3 is 2.67 bits per heavy atom. The standard InChI is InChI=1S/C34H43ClN2O5S/c1-21-7-5-9-31(41-4)27-15-22(2)28(27)18-37-19-34(14-6-8-24-16-26(35)11-12-29(24)34)20-42-32-13-10-25(17-30(32)37)33(38)36-43(39,40)23(21)3/h5,9-13,16-17,21-23,27-28,31H,6-8,14-15,18-20H2,1-4H3,(H,36,38)/b9-5+/t21-,22+,23+,27+,28+,31-,34-/m0/s1. The molecule has 1 fully saturated rings.